The molecule has 0 spiro atoms. The lowest BCUT2D eigenvalue weighted by Gasteiger charge is -2.43. The predicted molar refractivity (Wildman–Crippen MR) is 149 cm³/mol. The summed E-state index contributed by atoms with van der Waals surface area (Å²) in [7, 11) is 0. The first-order chi connectivity index (χ1) is 19.5. The topological polar surface area (TPSA) is 99.3 Å². The average Bonchev–Trinajstić information content (AvgIpc) is 3.65. The lowest BCUT2D eigenvalue weighted by Crippen LogP contribution is -2.42. The van der Waals surface area contributed by atoms with Crippen LogP contribution in [0.25, 0.3) is 0 Å². The summed E-state index contributed by atoms with van der Waals surface area (Å²) in [5, 5.41) is 3.23. The van der Waals surface area contributed by atoms with Crippen molar-refractivity contribution in [3.63, 3.8) is 0 Å². The second-order valence-electron chi connectivity index (χ2n) is 10.9. The van der Waals surface area contributed by atoms with Gasteiger partial charge in [-0.2, -0.15) is 13.2 Å². The maximum Gasteiger partial charge on any atom is 0.416 e. The smallest absolute Gasteiger partial charge is 0.325 e. The van der Waals surface area contributed by atoms with Crippen molar-refractivity contribution < 1.29 is 27.6 Å². The molecule has 7 rings (SSSR count). The second-order valence-corrected chi connectivity index (χ2v) is 14.0. The monoisotopic (exact) mass is 663 g/mol. The molecular weight excluding hydrogens is 643 g/mol. The van der Waals surface area contributed by atoms with E-state index in [9.17, 15) is 32.3 Å². The summed E-state index contributed by atoms with van der Waals surface area (Å²) < 4.78 is 40.2. The van der Waals surface area contributed by atoms with Gasteiger partial charge in [0.25, 0.3) is 0 Å². The normalized spacial score (nSPS) is 29.9. The van der Waals surface area contributed by atoms with E-state index in [1.165, 1.54) is 23.5 Å². The van der Waals surface area contributed by atoms with Crippen molar-refractivity contribution >= 4 is 62.4 Å². The molecule has 6 unspecified atom stereocenters. The molecule has 13 heteroatoms. The van der Waals surface area contributed by atoms with Crippen molar-refractivity contribution in [3.05, 3.63) is 78.7 Å². The summed E-state index contributed by atoms with van der Waals surface area (Å²) in [6.07, 6.45) is -3.86. The number of alkyl halides is 3. The van der Waals surface area contributed by atoms with Crippen LogP contribution in [0.3, 0.4) is 0 Å². The standard InChI is InChI=1S/C28H21BrF3N3O4S2/c29-13-6-4-11(5-7-13)18-19-15-9-16(22(19)40-24-23(18)41-27(39)34-24)21-20(15)25(37)35(26(21)38)10-17(36)33-14-3-1-2-12(8-14)28(30,31)32/h1-8,15-16,18-22H,9-10H2,(H,33,36)(H,34,39)/t15?,16?,18-,19?,20?,21?,22?/m1/s1. The number of carbonyl (C=O) groups is 3. The van der Waals surface area contributed by atoms with Crippen LogP contribution in [0, 0.1) is 29.6 Å². The maximum absolute atomic E-state index is 13.7. The van der Waals surface area contributed by atoms with Gasteiger partial charge in [0.15, 0.2) is 0 Å². The second kappa shape index (κ2) is 9.56. The van der Waals surface area contributed by atoms with Crippen LogP contribution >= 0.6 is 39.0 Å². The number of hydrogen-bond donors (Lipinski definition) is 2. The molecule has 2 N–H and O–H groups in total. The fourth-order valence-corrected chi connectivity index (χ4v) is 10.5. The van der Waals surface area contributed by atoms with Crippen molar-refractivity contribution in [1.29, 1.82) is 0 Å². The molecule has 7 atom stereocenters. The number of H-pyrrole nitrogens is 1. The molecule has 0 radical (unpaired) electrons. The molecule has 41 heavy (non-hydrogen) atoms. The van der Waals surface area contributed by atoms with E-state index in [0.29, 0.717) is 6.42 Å². The van der Waals surface area contributed by atoms with Gasteiger partial charge in [-0.1, -0.05) is 45.5 Å². The molecule has 3 fully saturated rings. The van der Waals surface area contributed by atoms with E-state index >= 15 is 0 Å². The van der Waals surface area contributed by atoms with Crippen LogP contribution in [-0.2, 0) is 20.6 Å². The number of fused-ring (bicyclic) bond motifs is 9. The van der Waals surface area contributed by atoms with E-state index in [4.69, 9.17) is 0 Å². The molecule has 1 saturated heterocycles. The fourth-order valence-electron chi connectivity index (χ4n) is 7.40. The van der Waals surface area contributed by atoms with Gasteiger partial charge in [0.2, 0.25) is 17.7 Å². The summed E-state index contributed by atoms with van der Waals surface area (Å²) in [6, 6.07) is 12.2. The van der Waals surface area contributed by atoms with Crippen LogP contribution in [0.4, 0.5) is 18.9 Å². The molecule has 3 aromatic rings. The van der Waals surface area contributed by atoms with E-state index in [-0.39, 0.29) is 39.5 Å². The Balaban J connectivity index is 1.15. The van der Waals surface area contributed by atoms with Crippen LogP contribution in [-0.4, -0.2) is 39.4 Å². The van der Waals surface area contributed by atoms with Crippen LogP contribution in [0.5, 0.6) is 0 Å². The molecule has 2 aromatic carbocycles. The summed E-state index contributed by atoms with van der Waals surface area (Å²) in [5.41, 5.74) is 0.0623. The highest BCUT2D eigenvalue weighted by atomic mass is 79.9. The van der Waals surface area contributed by atoms with E-state index < -0.39 is 47.8 Å². The lowest BCUT2D eigenvalue weighted by atomic mass is 9.68. The Bertz CT molecular complexity index is 1660. The molecule has 3 amide bonds. The van der Waals surface area contributed by atoms with Gasteiger partial charge in [-0.05, 0) is 60.1 Å². The number of thiazole rings is 1. The minimum absolute atomic E-state index is 0.0169. The number of hydrogen-bond acceptors (Lipinski definition) is 6. The number of likely N-dealkylation sites (tertiary alicyclic amines) is 1. The van der Waals surface area contributed by atoms with Crippen LogP contribution in [0.15, 0.2) is 62.8 Å². The number of nitrogens with zero attached hydrogens (tertiary/aromatic N) is 1. The fraction of sp³-hybridized carbons (Fsp3) is 0.357. The third-order valence-corrected chi connectivity index (χ3v) is 11.9. The Labute approximate surface area is 248 Å². The van der Waals surface area contributed by atoms with E-state index in [1.54, 1.807) is 11.8 Å². The zero-order valence-electron chi connectivity index (χ0n) is 21.0. The molecule has 4 aliphatic rings. The van der Waals surface area contributed by atoms with Crippen LogP contribution < -0.4 is 10.2 Å². The van der Waals surface area contributed by atoms with Gasteiger partial charge < -0.3 is 10.3 Å². The Hall–Kier alpha value is -2.90. The van der Waals surface area contributed by atoms with Gasteiger partial charge in [0.05, 0.1) is 22.4 Å². The zero-order valence-corrected chi connectivity index (χ0v) is 24.2. The first kappa shape index (κ1) is 27.0. The van der Waals surface area contributed by atoms with Gasteiger partial charge >= 0.3 is 11.0 Å². The van der Waals surface area contributed by atoms with Crippen molar-refractivity contribution in [1.82, 2.24) is 9.88 Å². The number of anilines is 1. The van der Waals surface area contributed by atoms with Crippen LogP contribution in [0.1, 0.15) is 28.3 Å². The highest BCUT2D eigenvalue weighted by molar-refractivity contribution is 9.10. The predicted octanol–water partition coefficient (Wildman–Crippen LogP) is 5.33. The molecule has 2 saturated carbocycles. The molecular formula is C28H21BrF3N3O4S2. The third-order valence-electron chi connectivity index (χ3n) is 8.82. The summed E-state index contributed by atoms with van der Waals surface area (Å²) >= 11 is 6.24. The number of thioether (sulfide) groups is 1. The average molecular weight is 665 g/mol. The third kappa shape index (κ3) is 4.30. The van der Waals surface area contributed by atoms with Gasteiger partial charge in [-0.25, -0.2) is 0 Å². The number of aromatic nitrogens is 1. The van der Waals surface area contributed by atoms with Gasteiger partial charge in [0, 0.05) is 26.2 Å². The van der Waals surface area contributed by atoms with Crippen molar-refractivity contribution in [3.8, 4) is 0 Å². The Morgan fingerprint density at radius 2 is 1.76 bits per heavy atom. The molecule has 7 nitrogen and oxygen atoms in total. The van der Waals surface area contributed by atoms with Crippen molar-refractivity contribution in [2.24, 2.45) is 29.6 Å². The van der Waals surface area contributed by atoms with E-state index in [2.05, 4.69) is 26.2 Å². The maximum atomic E-state index is 13.7. The Kier molecular flexibility index (Phi) is 6.29. The van der Waals surface area contributed by atoms with E-state index in [1.807, 2.05) is 24.3 Å². The number of aromatic amines is 1. The number of benzene rings is 2. The Morgan fingerprint density at radius 1 is 1.05 bits per heavy atom. The first-order valence-electron chi connectivity index (χ1n) is 13.0. The zero-order chi connectivity index (χ0) is 28.8. The minimum atomic E-state index is -4.57. The number of halogens is 4. The minimum Gasteiger partial charge on any atom is -0.325 e. The summed E-state index contributed by atoms with van der Waals surface area (Å²) in [5.74, 6) is -2.94. The number of amides is 3. The largest absolute Gasteiger partial charge is 0.416 e. The number of carbonyl (C=O) groups excluding carboxylic acids is 3. The number of nitrogens with one attached hydrogen (secondary N) is 2. The Morgan fingerprint density at radius 3 is 2.46 bits per heavy atom. The van der Waals surface area contributed by atoms with Gasteiger partial charge in [-0.3, -0.25) is 24.1 Å². The SMILES string of the molecule is O=C(CN1C(=O)C2C3CC(C2C1=O)C1C3Sc2[nH]c(=O)sc2[C@@H]1c1ccc(Br)cc1)Nc1cccc(C(F)(F)F)c1. The lowest BCUT2D eigenvalue weighted by molar-refractivity contribution is -0.143. The van der Waals surface area contributed by atoms with Crippen molar-refractivity contribution in [2.45, 2.75) is 28.8 Å². The summed E-state index contributed by atoms with van der Waals surface area (Å²) in [4.78, 5) is 57.2. The highest BCUT2D eigenvalue weighted by Gasteiger charge is 2.69. The van der Waals surface area contributed by atoms with Crippen molar-refractivity contribution in [2.75, 3.05) is 11.9 Å². The molecule has 2 bridgehead atoms. The molecule has 3 heterocycles. The molecule has 2 aliphatic carbocycles. The van der Waals surface area contributed by atoms with Gasteiger partial charge in [-0.15, -0.1) is 11.8 Å². The number of rotatable bonds is 4. The number of imide groups is 1. The van der Waals surface area contributed by atoms with Crippen LogP contribution in [0.2, 0.25) is 0 Å². The molecule has 2 aliphatic heterocycles. The van der Waals surface area contributed by atoms with E-state index in [0.717, 1.165) is 37.0 Å². The highest BCUT2D eigenvalue weighted by Crippen LogP contribution is 2.68. The van der Waals surface area contributed by atoms with Gasteiger partial charge in [0.1, 0.15) is 6.54 Å². The summed E-state index contributed by atoms with van der Waals surface area (Å²) in [6.45, 7) is -0.556. The molecule has 1 aromatic heterocycles. The first-order valence-corrected chi connectivity index (χ1v) is 15.5. The molecule has 212 valence electrons. The quantitative estimate of drug-likeness (QED) is 0.368.